The third-order valence-electron chi connectivity index (χ3n) is 14.6. The Balaban J connectivity index is 1.41. The second kappa shape index (κ2) is 7.32. The Morgan fingerprint density at radius 1 is 0.861 bits per heavy atom. The van der Waals surface area contributed by atoms with Crippen molar-refractivity contribution >= 4 is 11.9 Å². The van der Waals surface area contributed by atoms with Crippen molar-refractivity contribution < 1.29 is 19.1 Å². The first-order valence-corrected chi connectivity index (χ1v) is 15.1. The Labute approximate surface area is 219 Å². The van der Waals surface area contributed by atoms with Gasteiger partial charge < -0.3 is 9.47 Å². The van der Waals surface area contributed by atoms with E-state index in [0.717, 1.165) is 51.4 Å². The van der Waals surface area contributed by atoms with E-state index in [9.17, 15) is 9.59 Å². The summed E-state index contributed by atoms with van der Waals surface area (Å²) in [6.07, 6.45) is 11.0. The molecule has 202 valence electrons. The maximum absolute atomic E-state index is 13.8. The lowest BCUT2D eigenvalue weighted by Gasteiger charge is -2.74. The molecule has 11 atom stereocenters. The summed E-state index contributed by atoms with van der Waals surface area (Å²) in [6.45, 7) is 18.8. The molecule has 0 radical (unpaired) electrons. The zero-order valence-corrected chi connectivity index (χ0v) is 24.2. The lowest BCUT2D eigenvalue weighted by molar-refractivity contribution is -0.290. The molecule has 1 heterocycles. The van der Waals surface area contributed by atoms with Crippen LogP contribution in [0.25, 0.3) is 0 Å². The number of carbonyl (C=O) groups is 2. The molecule has 1 spiro atoms. The molecule has 1 aliphatic heterocycles. The minimum atomic E-state index is -0.296. The Morgan fingerprint density at radius 2 is 1.56 bits per heavy atom. The second-order valence-electron chi connectivity index (χ2n) is 15.7. The van der Waals surface area contributed by atoms with Crippen LogP contribution in [0.15, 0.2) is 0 Å². The predicted molar refractivity (Wildman–Crippen MR) is 140 cm³/mol. The summed E-state index contributed by atoms with van der Waals surface area (Å²) in [7, 11) is 0. The molecule has 0 N–H and O–H groups in total. The van der Waals surface area contributed by atoms with Gasteiger partial charge in [-0.15, -0.1) is 0 Å². The van der Waals surface area contributed by atoms with Crippen LogP contribution >= 0.6 is 0 Å². The number of ether oxygens (including phenoxy) is 2. The summed E-state index contributed by atoms with van der Waals surface area (Å²) in [4.78, 5) is 25.7. The summed E-state index contributed by atoms with van der Waals surface area (Å²) in [5, 5.41) is 0. The van der Waals surface area contributed by atoms with Gasteiger partial charge in [-0.1, -0.05) is 48.5 Å². The van der Waals surface area contributed by atoms with E-state index in [-0.39, 0.29) is 50.7 Å². The normalized spacial score (nSPS) is 56.9. The molecule has 2 bridgehead atoms. The summed E-state index contributed by atoms with van der Waals surface area (Å²) >= 11 is 0. The molecule has 6 rings (SSSR count). The van der Waals surface area contributed by atoms with Crippen molar-refractivity contribution in [2.24, 2.45) is 56.7 Å². The van der Waals surface area contributed by atoms with Gasteiger partial charge in [-0.3, -0.25) is 9.59 Å². The van der Waals surface area contributed by atoms with Gasteiger partial charge in [-0.25, -0.2) is 0 Å². The largest absolute Gasteiger partial charge is 0.462 e. The van der Waals surface area contributed by atoms with Crippen LogP contribution < -0.4 is 0 Å². The van der Waals surface area contributed by atoms with Gasteiger partial charge in [0.2, 0.25) is 0 Å². The molecule has 5 saturated carbocycles. The molecule has 0 unspecified atom stereocenters. The molecule has 0 aromatic carbocycles. The summed E-state index contributed by atoms with van der Waals surface area (Å²) < 4.78 is 12.7. The third-order valence-corrected chi connectivity index (χ3v) is 14.6. The minimum absolute atomic E-state index is 0.0126. The van der Waals surface area contributed by atoms with E-state index in [4.69, 9.17) is 9.47 Å². The van der Waals surface area contributed by atoms with Gasteiger partial charge in [0.05, 0.1) is 5.41 Å². The van der Waals surface area contributed by atoms with Gasteiger partial charge >= 0.3 is 11.9 Å². The van der Waals surface area contributed by atoms with Crippen LogP contribution in [-0.4, -0.2) is 23.6 Å². The highest BCUT2D eigenvalue weighted by Crippen LogP contribution is 2.80. The van der Waals surface area contributed by atoms with Gasteiger partial charge in [0, 0.05) is 23.7 Å². The highest BCUT2D eigenvalue weighted by molar-refractivity contribution is 5.82. The first kappa shape index (κ1) is 25.2. The Morgan fingerprint density at radius 3 is 2.25 bits per heavy atom. The van der Waals surface area contributed by atoms with E-state index < -0.39 is 0 Å². The zero-order valence-electron chi connectivity index (χ0n) is 24.2. The number of hydrogen-bond acceptors (Lipinski definition) is 4. The number of hydrogen-bond donors (Lipinski definition) is 0. The molecule has 0 aromatic heterocycles. The fourth-order valence-electron chi connectivity index (χ4n) is 12.5. The summed E-state index contributed by atoms with van der Waals surface area (Å²) in [5.74, 6) is 2.73. The van der Waals surface area contributed by atoms with E-state index in [2.05, 4.69) is 48.5 Å². The van der Waals surface area contributed by atoms with E-state index >= 15 is 0 Å². The van der Waals surface area contributed by atoms with Crippen molar-refractivity contribution in [3.63, 3.8) is 0 Å². The van der Waals surface area contributed by atoms with Crippen LogP contribution in [-0.2, 0) is 19.1 Å². The highest BCUT2D eigenvalue weighted by Gasteiger charge is 2.81. The molecule has 4 heteroatoms. The van der Waals surface area contributed by atoms with Crippen LogP contribution in [0.3, 0.4) is 0 Å². The van der Waals surface area contributed by atoms with Crippen LogP contribution in [0.4, 0.5) is 0 Å². The van der Waals surface area contributed by atoms with E-state index in [1.807, 2.05) is 0 Å². The van der Waals surface area contributed by atoms with Gasteiger partial charge in [0.25, 0.3) is 0 Å². The van der Waals surface area contributed by atoms with Crippen molar-refractivity contribution in [2.75, 3.05) is 0 Å². The molecule has 0 aromatic rings. The van der Waals surface area contributed by atoms with E-state index in [1.165, 1.54) is 12.8 Å². The van der Waals surface area contributed by atoms with E-state index in [1.54, 1.807) is 6.92 Å². The van der Waals surface area contributed by atoms with Gasteiger partial charge in [-0.2, -0.15) is 0 Å². The van der Waals surface area contributed by atoms with Crippen LogP contribution in [0, 0.1) is 56.7 Å². The average molecular weight is 499 g/mol. The van der Waals surface area contributed by atoms with Crippen LogP contribution in [0.2, 0.25) is 0 Å². The van der Waals surface area contributed by atoms with Crippen molar-refractivity contribution in [2.45, 2.75) is 131 Å². The molecule has 0 amide bonds. The number of fused-ring (bicyclic) bond motifs is 4. The van der Waals surface area contributed by atoms with Crippen molar-refractivity contribution in [1.29, 1.82) is 0 Å². The maximum Gasteiger partial charge on any atom is 0.313 e. The van der Waals surface area contributed by atoms with Crippen molar-refractivity contribution in [3.05, 3.63) is 0 Å². The predicted octanol–water partition coefficient (Wildman–Crippen LogP) is 7.34. The molecule has 5 aliphatic carbocycles. The standard InChI is InChI=1S/C32H50O4/c1-19-9-15-31-18-17-30(8)29(7)14-10-22-27(4,5)24(35-21(3)33)12-13-28(22,6)23(29)11-16-32(30,36-26(31)34)25(31)20(19)2/h19-20,22-25H,9-18H2,1-8H3/t19-,20+,22+,23-,24+,25-,28+,29-,30+,31+,32+/m1/s1. The van der Waals surface area contributed by atoms with Crippen LogP contribution in [0.1, 0.15) is 120 Å². The Kier molecular flexibility index (Phi) is 5.13. The Hall–Kier alpha value is -1.06. The van der Waals surface area contributed by atoms with Gasteiger partial charge in [0.1, 0.15) is 11.7 Å². The molecular formula is C32H50O4. The highest BCUT2D eigenvalue weighted by atomic mass is 16.6. The maximum atomic E-state index is 13.8. The fourth-order valence-corrected chi connectivity index (χ4v) is 12.5. The summed E-state index contributed by atoms with van der Waals surface area (Å²) in [5.41, 5.74) is -0.155. The molecule has 1 saturated heterocycles. The molecule has 4 nitrogen and oxygen atoms in total. The molecule has 6 aliphatic rings. The zero-order chi connectivity index (χ0) is 26.1. The average Bonchev–Trinajstić information content (AvgIpc) is 2.99. The molecule has 36 heavy (non-hydrogen) atoms. The van der Waals surface area contributed by atoms with E-state index in [0.29, 0.717) is 29.6 Å². The lowest BCUT2D eigenvalue weighted by atomic mass is 9.30. The monoisotopic (exact) mass is 498 g/mol. The first-order chi connectivity index (χ1) is 16.7. The number of rotatable bonds is 1. The lowest BCUT2D eigenvalue weighted by Crippen LogP contribution is -2.72. The number of carbonyl (C=O) groups excluding carboxylic acids is 2. The van der Waals surface area contributed by atoms with Gasteiger partial charge in [-0.05, 0) is 98.7 Å². The van der Waals surface area contributed by atoms with Crippen molar-refractivity contribution in [3.8, 4) is 0 Å². The SMILES string of the molecule is CC(=O)O[C@H]1CC[C@]2(C)[C@H]3CC[C@]45OC(=O)[C@@]6(CC[C@@H](C)[C@H](C)[C@H]64)CC[C@@]5(C)[C@]3(C)CC[C@H]2C1(C)C. The third kappa shape index (κ3) is 2.63. The Bertz CT molecular complexity index is 987. The summed E-state index contributed by atoms with van der Waals surface area (Å²) in [6, 6.07) is 0. The second-order valence-corrected chi connectivity index (χ2v) is 15.7. The quantitative estimate of drug-likeness (QED) is 0.355. The fraction of sp³-hybridized carbons (Fsp3) is 0.938. The molecular weight excluding hydrogens is 448 g/mol. The van der Waals surface area contributed by atoms with Crippen LogP contribution in [0.5, 0.6) is 0 Å². The topological polar surface area (TPSA) is 52.6 Å². The van der Waals surface area contributed by atoms with Crippen molar-refractivity contribution in [1.82, 2.24) is 0 Å². The molecule has 6 fully saturated rings. The minimum Gasteiger partial charge on any atom is -0.462 e. The van der Waals surface area contributed by atoms with Gasteiger partial charge in [0.15, 0.2) is 0 Å². The smallest absolute Gasteiger partial charge is 0.313 e. The number of esters is 2. The first-order valence-electron chi connectivity index (χ1n) is 15.1.